The van der Waals surface area contributed by atoms with Gasteiger partial charge in [-0.15, -0.1) is 0 Å². The van der Waals surface area contributed by atoms with Crippen molar-refractivity contribution in [2.75, 3.05) is 0 Å². The van der Waals surface area contributed by atoms with Crippen LogP contribution in [0.5, 0.6) is 0 Å². The van der Waals surface area contributed by atoms with E-state index in [4.69, 9.17) is 23.2 Å². The number of hydrogen-bond donors (Lipinski definition) is 0. The molecule has 0 fully saturated rings. The van der Waals surface area contributed by atoms with Crippen LogP contribution in [0.25, 0.3) is 11.0 Å². The van der Waals surface area contributed by atoms with E-state index in [0.717, 1.165) is 15.9 Å². The average Bonchev–Trinajstić information content (AvgIpc) is 2.71. The summed E-state index contributed by atoms with van der Waals surface area (Å²) in [5.41, 5.74) is 0.0619. The largest absolute Gasteiger partial charge is 0.295 e. The lowest BCUT2D eigenvalue weighted by Crippen LogP contribution is -2.27. The Morgan fingerprint density at radius 1 is 1.29 bits per heavy atom. The van der Waals surface area contributed by atoms with E-state index in [1.54, 1.807) is 24.3 Å². The lowest BCUT2D eigenvalue weighted by molar-refractivity contribution is 0.833. The molecule has 0 bridgehead atoms. The summed E-state index contributed by atoms with van der Waals surface area (Å²) >= 11 is 13.0. The van der Waals surface area contributed by atoms with E-state index in [2.05, 4.69) is 10.1 Å². The summed E-state index contributed by atoms with van der Waals surface area (Å²) in [5.74, 6) is 0. The van der Waals surface area contributed by atoms with Crippen molar-refractivity contribution in [3.63, 3.8) is 0 Å². The van der Waals surface area contributed by atoms with Crippen LogP contribution in [0.1, 0.15) is 11.3 Å². The summed E-state index contributed by atoms with van der Waals surface area (Å²) < 4.78 is 1.51. The van der Waals surface area contributed by atoms with Crippen molar-refractivity contribution in [1.29, 1.82) is 0 Å². The minimum absolute atomic E-state index is 0.179. The minimum atomic E-state index is -0.438. The highest BCUT2D eigenvalue weighted by Gasteiger charge is 2.08. The van der Waals surface area contributed by atoms with Crippen LogP contribution in [0.3, 0.4) is 0 Å². The predicted molar refractivity (Wildman–Crippen MR) is 83.4 cm³/mol. The first kappa shape index (κ1) is 14.2. The zero-order valence-corrected chi connectivity index (χ0v) is 13.0. The van der Waals surface area contributed by atoms with Gasteiger partial charge >= 0.3 is 0 Å². The third-order valence-corrected chi connectivity index (χ3v) is 4.31. The number of aromatic nitrogens is 3. The number of thiazole rings is 1. The summed E-state index contributed by atoms with van der Waals surface area (Å²) in [4.78, 5) is 27.8. The van der Waals surface area contributed by atoms with Gasteiger partial charge in [-0.3, -0.25) is 9.59 Å². The molecule has 0 saturated carbocycles. The summed E-state index contributed by atoms with van der Waals surface area (Å²) in [7, 11) is 0. The highest BCUT2D eigenvalue weighted by atomic mass is 35.5. The van der Waals surface area contributed by atoms with Crippen LogP contribution < -0.4 is 15.7 Å². The van der Waals surface area contributed by atoms with Crippen LogP contribution in [0.15, 0.2) is 27.8 Å². The number of rotatable bonds is 1. The molecular formula is C13H7Cl2N3O2S. The molecule has 3 aromatic rings. The number of halogens is 2. The van der Waals surface area contributed by atoms with Crippen molar-refractivity contribution in [2.24, 2.45) is 0 Å². The fraction of sp³-hybridized carbons (Fsp3) is 0.0769. The lowest BCUT2D eigenvalue weighted by Gasteiger charge is -1.96. The van der Waals surface area contributed by atoms with Gasteiger partial charge in [-0.25, -0.2) is 0 Å². The van der Waals surface area contributed by atoms with Gasteiger partial charge < -0.3 is 0 Å². The Balaban J connectivity index is 2.30. The molecule has 0 radical (unpaired) electrons. The topological polar surface area (TPSA) is 64.3 Å². The third-order valence-electron chi connectivity index (χ3n) is 2.79. The average molecular weight is 340 g/mol. The van der Waals surface area contributed by atoms with E-state index in [1.165, 1.54) is 6.92 Å². The molecule has 0 aliphatic heterocycles. The van der Waals surface area contributed by atoms with Crippen LogP contribution in [0, 0.1) is 6.92 Å². The Bertz CT molecular complexity index is 1030. The molecule has 21 heavy (non-hydrogen) atoms. The van der Waals surface area contributed by atoms with Gasteiger partial charge in [-0.1, -0.05) is 40.6 Å². The second-order valence-corrected chi connectivity index (χ2v) is 6.13. The van der Waals surface area contributed by atoms with Crippen LogP contribution >= 0.6 is 34.5 Å². The standard InChI is InChI=1S/C13H7Cl2N3O2S/c1-6-11(19)16-13-18(17-6)12(20)10(21-13)4-7-2-3-8(14)5-9(7)15/h2-5H,1H3/b10-4+. The van der Waals surface area contributed by atoms with Gasteiger partial charge in [0.05, 0.1) is 4.53 Å². The van der Waals surface area contributed by atoms with Crippen LogP contribution in [-0.4, -0.2) is 14.6 Å². The number of fused-ring (bicyclic) bond motifs is 1. The molecule has 0 atom stereocenters. The minimum Gasteiger partial charge on any atom is -0.266 e. The van der Waals surface area contributed by atoms with E-state index in [9.17, 15) is 9.59 Å². The maximum absolute atomic E-state index is 12.2. The molecular weight excluding hydrogens is 333 g/mol. The smallest absolute Gasteiger partial charge is 0.266 e. The molecule has 0 aliphatic carbocycles. The maximum atomic E-state index is 12.2. The summed E-state index contributed by atoms with van der Waals surface area (Å²) in [6.07, 6.45) is 1.63. The van der Waals surface area contributed by atoms with Crippen molar-refractivity contribution < 1.29 is 0 Å². The number of benzene rings is 1. The van der Waals surface area contributed by atoms with Crippen molar-refractivity contribution in [2.45, 2.75) is 6.92 Å². The molecule has 0 amide bonds. The van der Waals surface area contributed by atoms with Gasteiger partial charge in [0.1, 0.15) is 5.69 Å². The first-order valence-electron chi connectivity index (χ1n) is 5.83. The Hall–Kier alpha value is -1.76. The Morgan fingerprint density at radius 2 is 2.05 bits per heavy atom. The lowest BCUT2D eigenvalue weighted by atomic mass is 10.2. The molecule has 0 N–H and O–H groups in total. The van der Waals surface area contributed by atoms with Gasteiger partial charge in [0.2, 0.25) is 4.96 Å². The molecule has 0 saturated heterocycles. The monoisotopic (exact) mass is 339 g/mol. The molecule has 0 spiro atoms. The summed E-state index contributed by atoms with van der Waals surface area (Å²) in [6.45, 7) is 1.51. The van der Waals surface area contributed by atoms with E-state index in [-0.39, 0.29) is 16.2 Å². The van der Waals surface area contributed by atoms with Gasteiger partial charge in [-0.05, 0) is 30.7 Å². The maximum Gasteiger partial charge on any atom is 0.295 e. The Morgan fingerprint density at radius 3 is 2.76 bits per heavy atom. The van der Waals surface area contributed by atoms with Gasteiger partial charge in [0, 0.05) is 10.0 Å². The summed E-state index contributed by atoms with van der Waals surface area (Å²) in [5, 5.41) is 4.89. The van der Waals surface area contributed by atoms with Crippen LogP contribution in [0.4, 0.5) is 0 Å². The van der Waals surface area contributed by atoms with Gasteiger partial charge in [0.15, 0.2) is 0 Å². The second kappa shape index (κ2) is 5.22. The fourth-order valence-corrected chi connectivity index (χ4v) is 3.10. The van der Waals surface area contributed by atoms with Crippen molar-refractivity contribution >= 4 is 45.6 Å². The fourth-order valence-electron chi connectivity index (χ4n) is 1.75. The third kappa shape index (κ3) is 2.57. The second-order valence-electron chi connectivity index (χ2n) is 4.28. The van der Waals surface area contributed by atoms with Gasteiger partial charge in [-0.2, -0.15) is 14.6 Å². The zero-order chi connectivity index (χ0) is 15.1. The zero-order valence-electron chi connectivity index (χ0n) is 10.6. The Kier molecular flexibility index (Phi) is 3.52. The van der Waals surface area contributed by atoms with Gasteiger partial charge in [0.25, 0.3) is 11.1 Å². The van der Waals surface area contributed by atoms with Crippen molar-refractivity contribution in [3.05, 3.63) is 64.7 Å². The van der Waals surface area contributed by atoms with Crippen molar-refractivity contribution in [1.82, 2.24) is 14.6 Å². The molecule has 2 aromatic heterocycles. The van der Waals surface area contributed by atoms with Crippen LogP contribution in [0.2, 0.25) is 10.0 Å². The molecule has 5 nitrogen and oxygen atoms in total. The summed E-state index contributed by atoms with van der Waals surface area (Å²) in [6, 6.07) is 4.99. The SMILES string of the molecule is Cc1nn2c(=O)/c(=C\c3ccc(Cl)cc3Cl)sc2nc1=O. The van der Waals surface area contributed by atoms with Crippen molar-refractivity contribution in [3.8, 4) is 0 Å². The highest BCUT2D eigenvalue weighted by molar-refractivity contribution is 7.15. The molecule has 2 heterocycles. The quantitative estimate of drug-likeness (QED) is 0.676. The molecule has 8 heteroatoms. The molecule has 0 unspecified atom stereocenters. The molecule has 0 aliphatic rings. The predicted octanol–water partition coefficient (Wildman–Crippen LogP) is 1.67. The molecule has 106 valence electrons. The van der Waals surface area contributed by atoms with E-state index < -0.39 is 5.56 Å². The first-order chi connectivity index (χ1) is 9.95. The normalized spacial score (nSPS) is 12.2. The Labute approximate surface area is 132 Å². The molecule has 1 aromatic carbocycles. The number of hydrogen-bond acceptors (Lipinski definition) is 5. The van der Waals surface area contributed by atoms with E-state index in [1.807, 2.05) is 0 Å². The first-order valence-corrected chi connectivity index (χ1v) is 7.40. The van der Waals surface area contributed by atoms with E-state index >= 15 is 0 Å². The highest BCUT2D eigenvalue weighted by Crippen LogP contribution is 2.21. The van der Waals surface area contributed by atoms with E-state index in [0.29, 0.717) is 20.1 Å². The number of nitrogens with zero attached hydrogens (tertiary/aromatic N) is 3. The number of aryl methyl sites for hydroxylation is 1. The van der Waals surface area contributed by atoms with Crippen LogP contribution in [-0.2, 0) is 0 Å². The molecule has 3 rings (SSSR count).